The molecule has 0 radical (unpaired) electrons. The Hall–Kier alpha value is -3.74. The van der Waals surface area contributed by atoms with E-state index in [-0.39, 0.29) is 6.04 Å². The predicted molar refractivity (Wildman–Crippen MR) is 146 cm³/mol. The molecule has 36 heavy (non-hydrogen) atoms. The lowest BCUT2D eigenvalue weighted by Gasteiger charge is -2.26. The molecule has 1 aromatic heterocycles. The normalized spacial score (nSPS) is 15.6. The molecule has 0 amide bonds. The van der Waals surface area contributed by atoms with Crippen molar-refractivity contribution in [2.75, 3.05) is 25.5 Å². The number of fused-ring (bicyclic) bond motifs is 2. The van der Waals surface area contributed by atoms with E-state index in [1.54, 1.807) is 6.20 Å². The monoisotopic (exact) mass is 494 g/mol. The van der Waals surface area contributed by atoms with Crippen LogP contribution in [0.3, 0.4) is 0 Å². The van der Waals surface area contributed by atoms with E-state index in [2.05, 4.69) is 45.0 Å². The van der Waals surface area contributed by atoms with Crippen LogP contribution in [0.5, 0.6) is 0 Å². The van der Waals surface area contributed by atoms with Crippen molar-refractivity contribution in [3.63, 3.8) is 0 Å². The summed E-state index contributed by atoms with van der Waals surface area (Å²) in [6.07, 6.45) is 5.70. The van der Waals surface area contributed by atoms with E-state index in [9.17, 15) is 0 Å². The lowest BCUT2D eigenvalue weighted by atomic mass is 10.1. The topological polar surface area (TPSA) is 58.3 Å². The van der Waals surface area contributed by atoms with E-state index in [1.807, 2.05) is 60.8 Å². The summed E-state index contributed by atoms with van der Waals surface area (Å²) in [7, 11) is 2.17. The molecular weight excluding hydrogens is 468 g/mol. The first-order valence-corrected chi connectivity index (χ1v) is 12.6. The van der Waals surface area contributed by atoms with Gasteiger partial charge in [-0.05, 0) is 93.6 Å². The van der Waals surface area contributed by atoms with Gasteiger partial charge < -0.3 is 14.8 Å². The summed E-state index contributed by atoms with van der Waals surface area (Å²) in [5.74, 6) is 0. The Morgan fingerprint density at radius 3 is 2.56 bits per heavy atom. The first kappa shape index (κ1) is 22.7. The molecule has 0 bridgehead atoms. The molecule has 6 nitrogen and oxygen atoms in total. The summed E-state index contributed by atoms with van der Waals surface area (Å²) < 4.78 is 2.25. The van der Waals surface area contributed by atoms with Gasteiger partial charge in [0.1, 0.15) is 0 Å². The standard InChI is InChI=1S/C29H27ClN6/c1-35-15-12-21(13-16-35)32-26-18-29-27(17-25(26)33-22-5-4-14-31-19-22)34-24-6-2-3-7-28(24)36(29)23-10-8-20(30)9-11-23/h2-11,14,17-19,21,33H,12-13,15-16H2,1H3. The Kier molecular flexibility index (Phi) is 6.13. The largest absolute Gasteiger partial charge is 0.352 e. The zero-order valence-corrected chi connectivity index (χ0v) is 20.9. The molecule has 3 heterocycles. The molecule has 1 aliphatic carbocycles. The number of rotatable bonds is 4. The van der Waals surface area contributed by atoms with Gasteiger partial charge in [0.25, 0.3) is 0 Å². The van der Waals surface area contributed by atoms with E-state index < -0.39 is 0 Å². The van der Waals surface area contributed by atoms with Crippen molar-refractivity contribution in [1.29, 1.82) is 0 Å². The highest BCUT2D eigenvalue weighted by Crippen LogP contribution is 2.31. The van der Waals surface area contributed by atoms with Crippen molar-refractivity contribution in [2.24, 2.45) is 4.99 Å². The lowest BCUT2D eigenvalue weighted by molar-refractivity contribution is 0.255. The van der Waals surface area contributed by atoms with Crippen molar-refractivity contribution in [1.82, 2.24) is 19.4 Å². The SMILES string of the molecule is CN1CCC(N=c2cc3n(-c4ccc(Cl)cc4)c4ccccc4nc-3cc2Nc2cccnc2)CC1. The third kappa shape index (κ3) is 4.57. The molecule has 0 atom stereocenters. The molecule has 2 aromatic carbocycles. The van der Waals surface area contributed by atoms with Crippen LogP contribution in [-0.4, -0.2) is 45.6 Å². The van der Waals surface area contributed by atoms with E-state index in [4.69, 9.17) is 21.6 Å². The summed E-state index contributed by atoms with van der Waals surface area (Å²) in [5, 5.41) is 5.19. The summed E-state index contributed by atoms with van der Waals surface area (Å²) >= 11 is 6.22. The predicted octanol–water partition coefficient (Wildman–Crippen LogP) is 5.92. The minimum absolute atomic E-state index is 0.283. The third-order valence-electron chi connectivity index (χ3n) is 6.73. The Balaban J connectivity index is 1.60. The molecule has 6 rings (SSSR count). The van der Waals surface area contributed by atoms with Crippen LogP contribution < -0.4 is 10.7 Å². The molecule has 1 saturated heterocycles. The van der Waals surface area contributed by atoms with Crippen LogP contribution >= 0.6 is 11.6 Å². The minimum atomic E-state index is 0.283. The highest BCUT2D eigenvalue weighted by atomic mass is 35.5. The quantitative estimate of drug-likeness (QED) is 0.315. The van der Waals surface area contributed by atoms with E-state index in [0.717, 1.165) is 70.8 Å². The van der Waals surface area contributed by atoms with Gasteiger partial charge in [-0.25, -0.2) is 4.98 Å². The Morgan fingerprint density at radius 1 is 0.972 bits per heavy atom. The number of anilines is 2. The first-order valence-electron chi connectivity index (χ1n) is 12.2. The Morgan fingerprint density at radius 2 is 1.78 bits per heavy atom. The minimum Gasteiger partial charge on any atom is -0.352 e. The second-order valence-corrected chi connectivity index (χ2v) is 9.74. The lowest BCUT2D eigenvalue weighted by Crippen LogP contribution is -2.33. The highest BCUT2D eigenvalue weighted by molar-refractivity contribution is 6.30. The van der Waals surface area contributed by atoms with Gasteiger partial charge in [-0.3, -0.25) is 9.98 Å². The van der Waals surface area contributed by atoms with Crippen LogP contribution in [0.2, 0.25) is 5.02 Å². The molecule has 180 valence electrons. The molecule has 2 aliphatic heterocycles. The number of hydrogen-bond acceptors (Lipinski definition) is 5. The Labute approximate surface area is 215 Å². The second kappa shape index (κ2) is 9.72. The van der Waals surface area contributed by atoms with Gasteiger partial charge in [0.15, 0.2) is 0 Å². The van der Waals surface area contributed by atoms with Crippen LogP contribution in [-0.2, 0) is 0 Å². The molecule has 1 fully saturated rings. The zero-order chi connectivity index (χ0) is 24.5. The molecular formula is C29H27ClN6. The number of halogens is 1. The maximum atomic E-state index is 6.22. The van der Waals surface area contributed by atoms with Crippen molar-refractivity contribution in [3.8, 4) is 17.1 Å². The van der Waals surface area contributed by atoms with Crippen LogP contribution in [0.25, 0.3) is 28.1 Å². The number of para-hydroxylation sites is 2. The van der Waals surface area contributed by atoms with Crippen molar-refractivity contribution >= 4 is 34.0 Å². The van der Waals surface area contributed by atoms with Crippen LogP contribution in [0.1, 0.15) is 12.8 Å². The summed E-state index contributed by atoms with van der Waals surface area (Å²) in [6.45, 7) is 2.12. The fourth-order valence-corrected chi connectivity index (χ4v) is 4.96. The fourth-order valence-electron chi connectivity index (χ4n) is 4.83. The molecule has 3 aliphatic rings. The van der Waals surface area contributed by atoms with Gasteiger partial charge in [0.05, 0.1) is 51.4 Å². The smallest absolute Gasteiger partial charge is 0.0900 e. The Bertz CT molecular complexity index is 1540. The van der Waals surface area contributed by atoms with E-state index >= 15 is 0 Å². The molecule has 0 unspecified atom stereocenters. The van der Waals surface area contributed by atoms with Crippen molar-refractivity contribution in [3.05, 3.63) is 95.6 Å². The number of benzene rings is 3. The summed E-state index contributed by atoms with van der Waals surface area (Å²) in [6, 6.07) is 24.7. The summed E-state index contributed by atoms with van der Waals surface area (Å²) in [5.41, 5.74) is 6.72. The first-order chi connectivity index (χ1) is 17.6. The molecule has 3 aromatic rings. The number of pyridine rings is 1. The van der Waals surface area contributed by atoms with Crippen LogP contribution in [0.15, 0.2) is 90.2 Å². The van der Waals surface area contributed by atoms with Gasteiger partial charge in [-0.1, -0.05) is 23.7 Å². The van der Waals surface area contributed by atoms with Gasteiger partial charge in [-0.15, -0.1) is 0 Å². The summed E-state index contributed by atoms with van der Waals surface area (Å²) in [4.78, 5) is 16.9. The number of likely N-dealkylation sites (tertiary alicyclic amines) is 1. The number of aromatic nitrogens is 3. The van der Waals surface area contributed by atoms with Gasteiger partial charge in [0.2, 0.25) is 0 Å². The van der Waals surface area contributed by atoms with Gasteiger partial charge in [0, 0.05) is 16.9 Å². The number of hydrogen-bond donors (Lipinski definition) is 1. The van der Waals surface area contributed by atoms with Crippen molar-refractivity contribution < 1.29 is 0 Å². The van der Waals surface area contributed by atoms with E-state index in [1.165, 1.54) is 0 Å². The zero-order valence-electron chi connectivity index (χ0n) is 20.1. The number of piperidine rings is 1. The molecule has 1 N–H and O–H groups in total. The highest BCUT2D eigenvalue weighted by Gasteiger charge is 2.19. The third-order valence-corrected chi connectivity index (χ3v) is 6.98. The van der Waals surface area contributed by atoms with Gasteiger partial charge >= 0.3 is 0 Å². The van der Waals surface area contributed by atoms with Gasteiger partial charge in [-0.2, -0.15) is 0 Å². The average molecular weight is 495 g/mol. The van der Waals surface area contributed by atoms with Crippen LogP contribution in [0, 0.1) is 0 Å². The maximum Gasteiger partial charge on any atom is 0.0900 e. The molecule has 0 saturated carbocycles. The van der Waals surface area contributed by atoms with Crippen molar-refractivity contribution in [2.45, 2.75) is 18.9 Å². The number of nitrogens with zero attached hydrogens (tertiary/aromatic N) is 5. The second-order valence-electron chi connectivity index (χ2n) is 9.30. The fraction of sp³-hybridized carbons (Fsp3) is 0.207. The van der Waals surface area contributed by atoms with Crippen LogP contribution in [0.4, 0.5) is 11.4 Å². The maximum absolute atomic E-state index is 6.22. The molecule has 7 heteroatoms. The average Bonchev–Trinajstić information content (AvgIpc) is 2.90. The number of nitrogens with one attached hydrogen (secondary N) is 1. The molecule has 0 spiro atoms. The van der Waals surface area contributed by atoms with E-state index in [0.29, 0.717) is 5.02 Å².